The van der Waals surface area contributed by atoms with Crippen molar-refractivity contribution in [2.75, 3.05) is 6.61 Å². The Hall–Kier alpha value is -2.80. The number of ether oxygens (including phenoxy) is 2. The summed E-state index contributed by atoms with van der Waals surface area (Å²) >= 11 is 12.4. The van der Waals surface area contributed by atoms with E-state index in [4.69, 9.17) is 32.7 Å². The molecule has 0 bridgehead atoms. The number of aryl methyl sites for hydroxylation is 1. The standard InChI is InChI=1S/C32H26Cl2O5.Na/c33-23-12-8-21(9-13-23)25-6-2-1-4-20(25)5-3-7-29(35)22-10-14-24(15-11-22)39-31-19-30-27(18-28(31)34)26(32(36)37)16-17-38-30;/h1-2,4,6,8-15,18-19,26H,3,5,7,16-17H2,(H,36,37);/q;+1/p-1. The quantitative estimate of drug-likeness (QED) is 0.217. The van der Waals surface area contributed by atoms with Crippen molar-refractivity contribution >= 4 is 35.0 Å². The van der Waals surface area contributed by atoms with E-state index in [1.807, 2.05) is 36.4 Å². The fraction of sp³-hybridized carbons (Fsp3) is 0.188. The third-order valence-corrected chi connectivity index (χ3v) is 7.36. The van der Waals surface area contributed by atoms with E-state index < -0.39 is 11.9 Å². The van der Waals surface area contributed by atoms with Gasteiger partial charge >= 0.3 is 29.6 Å². The maximum atomic E-state index is 12.9. The molecule has 8 heteroatoms. The summed E-state index contributed by atoms with van der Waals surface area (Å²) in [5.74, 6) is -0.615. The van der Waals surface area contributed by atoms with Crippen molar-refractivity contribution in [2.45, 2.75) is 31.6 Å². The van der Waals surface area contributed by atoms with Gasteiger partial charge in [-0.1, -0.05) is 59.6 Å². The number of Topliss-reactive ketones (excluding diaryl/α,β-unsaturated/α-hetero) is 1. The first-order valence-electron chi connectivity index (χ1n) is 12.7. The van der Waals surface area contributed by atoms with Crippen molar-refractivity contribution in [2.24, 2.45) is 0 Å². The Balaban J connectivity index is 0.00000370. The van der Waals surface area contributed by atoms with Gasteiger partial charge in [-0.25, -0.2) is 0 Å². The van der Waals surface area contributed by atoms with E-state index in [0.29, 0.717) is 46.2 Å². The molecule has 0 N–H and O–H groups in total. The van der Waals surface area contributed by atoms with Gasteiger partial charge in [-0.15, -0.1) is 0 Å². The van der Waals surface area contributed by atoms with E-state index in [0.717, 1.165) is 24.0 Å². The van der Waals surface area contributed by atoms with E-state index in [-0.39, 0.29) is 47.0 Å². The van der Waals surface area contributed by atoms with Crippen LogP contribution in [-0.2, 0) is 11.2 Å². The first-order chi connectivity index (χ1) is 18.9. The van der Waals surface area contributed by atoms with Gasteiger partial charge in [-0.3, -0.25) is 4.79 Å². The number of carboxylic acids is 1. The van der Waals surface area contributed by atoms with Gasteiger partial charge in [0, 0.05) is 40.5 Å². The Bertz CT molecular complexity index is 1500. The van der Waals surface area contributed by atoms with Crippen LogP contribution in [0.3, 0.4) is 0 Å². The normalized spacial score (nSPS) is 13.9. The molecule has 0 radical (unpaired) electrons. The smallest absolute Gasteiger partial charge is 0.549 e. The number of carbonyl (C=O) groups excluding carboxylic acids is 2. The number of benzene rings is 4. The van der Waals surface area contributed by atoms with Gasteiger partial charge in [0.15, 0.2) is 5.78 Å². The first-order valence-corrected chi connectivity index (χ1v) is 13.5. The molecule has 4 aromatic rings. The molecule has 5 rings (SSSR count). The number of aliphatic carboxylic acids is 1. The number of hydrogen-bond donors (Lipinski definition) is 0. The maximum absolute atomic E-state index is 12.9. The van der Waals surface area contributed by atoms with Gasteiger partial charge in [0.2, 0.25) is 0 Å². The van der Waals surface area contributed by atoms with Crippen molar-refractivity contribution in [3.8, 4) is 28.4 Å². The molecule has 198 valence electrons. The number of carboxylic acid groups (broad SMARTS) is 1. The van der Waals surface area contributed by atoms with Crippen molar-refractivity contribution in [1.82, 2.24) is 0 Å². The van der Waals surface area contributed by atoms with Crippen LogP contribution in [0, 0.1) is 0 Å². The minimum absolute atomic E-state index is 0. The number of fused-ring (bicyclic) bond motifs is 1. The van der Waals surface area contributed by atoms with E-state index in [2.05, 4.69) is 12.1 Å². The second-order valence-corrected chi connectivity index (χ2v) is 10.2. The Morgan fingerprint density at radius 1 is 0.950 bits per heavy atom. The van der Waals surface area contributed by atoms with Crippen molar-refractivity contribution in [1.29, 1.82) is 0 Å². The molecule has 0 aromatic heterocycles. The minimum atomic E-state index is -1.16. The zero-order valence-corrected chi connectivity index (χ0v) is 25.5. The van der Waals surface area contributed by atoms with Gasteiger partial charge in [0.05, 0.1) is 11.6 Å². The summed E-state index contributed by atoms with van der Waals surface area (Å²) in [5.41, 5.74) is 4.51. The summed E-state index contributed by atoms with van der Waals surface area (Å²) in [6, 6.07) is 26.0. The third-order valence-electron chi connectivity index (χ3n) is 6.81. The van der Waals surface area contributed by atoms with Crippen LogP contribution < -0.4 is 44.1 Å². The summed E-state index contributed by atoms with van der Waals surface area (Å²) < 4.78 is 11.5. The molecule has 1 aliphatic rings. The zero-order chi connectivity index (χ0) is 27.4. The molecule has 0 spiro atoms. The maximum Gasteiger partial charge on any atom is 1.00 e. The van der Waals surface area contributed by atoms with Crippen molar-refractivity contribution in [3.05, 3.63) is 112 Å². The van der Waals surface area contributed by atoms with E-state index in [1.165, 1.54) is 5.56 Å². The summed E-state index contributed by atoms with van der Waals surface area (Å²) in [5, 5.41) is 12.4. The molecule has 1 aliphatic heterocycles. The third kappa shape index (κ3) is 7.09. The molecule has 0 saturated carbocycles. The second kappa shape index (κ2) is 13.7. The van der Waals surface area contributed by atoms with Crippen LogP contribution in [0.2, 0.25) is 10.0 Å². The summed E-state index contributed by atoms with van der Waals surface area (Å²) in [6.45, 7) is 0.274. The topological polar surface area (TPSA) is 75.7 Å². The Kier molecular flexibility index (Phi) is 10.3. The van der Waals surface area contributed by atoms with E-state index >= 15 is 0 Å². The van der Waals surface area contributed by atoms with Crippen LogP contribution in [0.4, 0.5) is 0 Å². The van der Waals surface area contributed by atoms with E-state index in [1.54, 1.807) is 36.4 Å². The second-order valence-electron chi connectivity index (χ2n) is 9.40. The van der Waals surface area contributed by atoms with E-state index in [9.17, 15) is 14.7 Å². The predicted octanol–water partition coefficient (Wildman–Crippen LogP) is 4.28. The van der Waals surface area contributed by atoms with Gasteiger partial charge in [0.1, 0.15) is 17.2 Å². The first kappa shape index (κ1) is 30.2. The molecule has 4 aromatic carbocycles. The molecule has 1 atom stereocenters. The number of rotatable bonds is 9. The summed E-state index contributed by atoms with van der Waals surface area (Å²) in [6.07, 6.45) is 2.25. The molecule has 0 saturated heterocycles. The Morgan fingerprint density at radius 2 is 1.68 bits per heavy atom. The number of hydrogen-bond acceptors (Lipinski definition) is 5. The summed E-state index contributed by atoms with van der Waals surface area (Å²) in [4.78, 5) is 24.3. The fourth-order valence-electron chi connectivity index (χ4n) is 4.78. The van der Waals surface area contributed by atoms with Crippen LogP contribution >= 0.6 is 23.2 Å². The monoisotopic (exact) mass is 582 g/mol. The average molecular weight is 583 g/mol. The van der Waals surface area contributed by atoms with Crippen LogP contribution in [0.25, 0.3) is 11.1 Å². The van der Waals surface area contributed by atoms with Gasteiger partial charge in [0.25, 0.3) is 0 Å². The van der Waals surface area contributed by atoms with Crippen LogP contribution in [0.5, 0.6) is 17.2 Å². The molecular formula is C32H25Cl2NaO5. The average Bonchev–Trinajstić information content (AvgIpc) is 2.94. The zero-order valence-electron chi connectivity index (χ0n) is 22.0. The van der Waals surface area contributed by atoms with Crippen LogP contribution in [-0.4, -0.2) is 18.4 Å². The van der Waals surface area contributed by atoms with Crippen LogP contribution in [0.15, 0.2) is 84.9 Å². The Morgan fingerprint density at radius 3 is 2.40 bits per heavy atom. The summed E-state index contributed by atoms with van der Waals surface area (Å²) in [7, 11) is 0. The van der Waals surface area contributed by atoms with Crippen LogP contribution in [0.1, 0.15) is 46.7 Å². The largest absolute Gasteiger partial charge is 1.00 e. The molecule has 0 fully saturated rings. The Labute approximate surface area is 265 Å². The molecule has 0 aliphatic carbocycles. The number of halogens is 2. The van der Waals surface area contributed by atoms with Gasteiger partial charge < -0.3 is 19.4 Å². The SMILES string of the molecule is O=C(CCCc1ccccc1-c1ccc(Cl)cc1)c1ccc(Oc2cc3c(cc2Cl)C(C(=O)[O-])CCO3)cc1.[Na+]. The van der Waals surface area contributed by atoms with Gasteiger partial charge in [-0.05, 0) is 78.4 Å². The molecule has 0 amide bonds. The molecule has 40 heavy (non-hydrogen) atoms. The number of carbonyl (C=O) groups is 2. The molecular weight excluding hydrogens is 558 g/mol. The predicted molar refractivity (Wildman–Crippen MR) is 150 cm³/mol. The molecule has 1 heterocycles. The van der Waals surface area contributed by atoms with Gasteiger partial charge in [-0.2, -0.15) is 0 Å². The minimum Gasteiger partial charge on any atom is -0.549 e. The van der Waals surface area contributed by atoms with Crippen molar-refractivity contribution in [3.63, 3.8) is 0 Å². The fourth-order valence-corrected chi connectivity index (χ4v) is 5.12. The van der Waals surface area contributed by atoms with Crippen molar-refractivity contribution < 1.29 is 53.7 Å². The molecule has 1 unspecified atom stereocenters. The molecule has 5 nitrogen and oxygen atoms in total. The number of ketones is 1.